The molecule has 2 aromatic carbocycles. The smallest absolute Gasteiger partial charge is 0.267 e. The summed E-state index contributed by atoms with van der Waals surface area (Å²) in [6.45, 7) is 1.79. The Labute approximate surface area is 172 Å². The predicted molar refractivity (Wildman–Crippen MR) is 109 cm³/mol. The van der Waals surface area contributed by atoms with Crippen molar-refractivity contribution < 1.29 is 9.53 Å². The molecule has 0 spiro atoms. The van der Waals surface area contributed by atoms with Crippen LogP contribution in [0.3, 0.4) is 0 Å². The Morgan fingerprint density at radius 1 is 1.24 bits per heavy atom. The van der Waals surface area contributed by atoms with Crippen LogP contribution in [0, 0.1) is 18.3 Å². The number of nitriles is 1. The average Bonchev–Trinajstić information content (AvgIpc) is 2.70. The largest absolute Gasteiger partial charge is 0.487 e. The van der Waals surface area contributed by atoms with Crippen LogP contribution in [0.1, 0.15) is 16.8 Å². The van der Waals surface area contributed by atoms with Crippen LogP contribution >= 0.6 is 11.6 Å². The van der Waals surface area contributed by atoms with Gasteiger partial charge in [-0.05, 0) is 48.9 Å². The van der Waals surface area contributed by atoms with Gasteiger partial charge in [0.1, 0.15) is 18.9 Å². The molecule has 7 nitrogen and oxygen atoms in total. The van der Waals surface area contributed by atoms with Gasteiger partial charge in [0.05, 0.1) is 22.3 Å². The zero-order chi connectivity index (χ0) is 20.8. The van der Waals surface area contributed by atoms with Crippen LogP contribution < -0.4 is 15.6 Å². The van der Waals surface area contributed by atoms with Crippen molar-refractivity contribution in [3.63, 3.8) is 0 Å². The lowest BCUT2D eigenvalue weighted by atomic mass is 10.1. The molecule has 0 atom stereocenters. The van der Waals surface area contributed by atoms with E-state index in [0.29, 0.717) is 27.7 Å². The maximum Gasteiger partial charge on any atom is 0.267 e. The second kappa shape index (κ2) is 9.04. The van der Waals surface area contributed by atoms with Crippen LogP contribution in [0.2, 0.25) is 5.02 Å². The number of carbonyl (C=O) groups is 1. The molecule has 1 aromatic heterocycles. The fourth-order valence-electron chi connectivity index (χ4n) is 2.59. The lowest BCUT2D eigenvalue weighted by Gasteiger charge is -2.11. The zero-order valence-electron chi connectivity index (χ0n) is 15.6. The van der Waals surface area contributed by atoms with Gasteiger partial charge in [-0.15, -0.1) is 0 Å². The number of carbonyl (C=O) groups excluding carboxylic acids is 1. The lowest BCUT2D eigenvalue weighted by Crippen LogP contribution is -2.29. The van der Waals surface area contributed by atoms with Gasteiger partial charge in [-0.2, -0.15) is 10.4 Å². The molecule has 0 aliphatic heterocycles. The molecule has 0 bridgehead atoms. The minimum absolute atomic E-state index is 0.203. The Hall–Kier alpha value is -3.63. The molecule has 1 N–H and O–H groups in total. The summed E-state index contributed by atoms with van der Waals surface area (Å²) in [5.74, 6) is 0.0480. The standard InChI is InChI=1S/C21H17ClN4O3/c1-14-5-8-21(28)26(25-14)12-20(27)24-17-6-7-19(18(22)10-17)29-13-16-4-2-3-15(9-16)11-23/h2-10H,12-13H2,1H3,(H,24,27). The van der Waals surface area contributed by atoms with Gasteiger partial charge in [-0.25, -0.2) is 4.68 Å². The minimum Gasteiger partial charge on any atom is -0.487 e. The summed E-state index contributed by atoms with van der Waals surface area (Å²) in [6.07, 6.45) is 0. The molecule has 0 saturated heterocycles. The first-order valence-corrected chi connectivity index (χ1v) is 9.08. The van der Waals surface area contributed by atoms with E-state index in [1.165, 1.54) is 6.07 Å². The number of nitrogens with zero attached hydrogens (tertiary/aromatic N) is 3. The number of hydrogen-bond acceptors (Lipinski definition) is 5. The van der Waals surface area contributed by atoms with Crippen LogP contribution in [-0.2, 0) is 17.9 Å². The normalized spacial score (nSPS) is 10.2. The molecule has 0 unspecified atom stereocenters. The molecule has 29 heavy (non-hydrogen) atoms. The van der Waals surface area contributed by atoms with Gasteiger partial charge < -0.3 is 10.1 Å². The molecule has 0 fully saturated rings. The van der Waals surface area contributed by atoms with Crippen LogP contribution in [0.15, 0.2) is 59.4 Å². The number of anilines is 1. The molecular weight excluding hydrogens is 392 g/mol. The Kier molecular flexibility index (Phi) is 6.27. The Morgan fingerprint density at radius 3 is 2.83 bits per heavy atom. The van der Waals surface area contributed by atoms with E-state index in [4.69, 9.17) is 21.6 Å². The van der Waals surface area contributed by atoms with E-state index >= 15 is 0 Å². The summed E-state index contributed by atoms with van der Waals surface area (Å²) in [4.78, 5) is 24.0. The van der Waals surface area contributed by atoms with Crippen molar-refractivity contribution in [1.82, 2.24) is 9.78 Å². The number of nitrogens with one attached hydrogen (secondary N) is 1. The van der Waals surface area contributed by atoms with Gasteiger partial charge in [0.15, 0.2) is 0 Å². The molecule has 3 aromatic rings. The fourth-order valence-corrected chi connectivity index (χ4v) is 2.82. The van der Waals surface area contributed by atoms with Crippen molar-refractivity contribution in [3.8, 4) is 11.8 Å². The molecule has 0 saturated carbocycles. The number of hydrogen-bond donors (Lipinski definition) is 1. The van der Waals surface area contributed by atoms with E-state index in [2.05, 4.69) is 16.5 Å². The quantitative estimate of drug-likeness (QED) is 0.675. The summed E-state index contributed by atoms with van der Waals surface area (Å²) in [7, 11) is 0. The highest BCUT2D eigenvalue weighted by Gasteiger charge is 2.09. The number of halogens is 1. The van der Waals surface area contributed by atoms with Gasteiger partial charge in [0.2, 0.25) is 5.91 Å². The average molecular weight is 409 g/mol. The highest BCUT2D eigenvalue weighted by molar-refractivity contribution is 6.32. The van der Waals surface area contributed by atoms with Crippen molar-refractivity contribution >= 4 is 23.2 Å². The first-order chi connectivity index (χ1) is 13.9. The van der Waals surface area contributed by atoms with Gasteiger partial charge in [-0.3, -0.25) is 9.59 Å². The third kappa shape index (κ3) is 5.43. The number of aromatic nitrogens is 2. The minimum atomic E-state index is -0.400. The van der Waals surface area contributed by atoms with Crippen molar-refractivity contribution in [2.45, 2.75) is 20.1 Å². The van der Waals surface area contributed by atoms with E-state index in [-0.39, 0.29) is 18.7 Å². The van der Waals surface area contributed by atoms with E-state index in [1.807, 2.05) is 6.07 Å². The topological polar surface area (TPSA) is 97.0 Å². The molecule has 1 amide bonds. The lowest BCUT2D eigenvalue weighted by molar-refractivity contribution is -0.117. The third-order valence-electron chi connectivity index (χ3n) is 3.96. The molecule has 1 heterocycles. The van der Waals surface area contributed by atoms with Crippen LogP contribution in [0.4, 0.5) is 5.69 Å². The Balaban J connectivity index is 1.63. The first kappa shape index (κ1) is 20.1. The number of rotatable bonds is 6. The van der Waals surface area contributed by atoms with E-state index < -0.39 is 5.91 Å². The van der Waals surface area contributed by atoms with Crippen molar-refractivity contribution in [3.05, 3.63) is 86.8 Å². The molecule has 0 aliphatic rings. The Morgan fingerprint density at radius 2 is 2.07 bits per heavy atom. The SMILES string of the molecule is Cc1ccc(=O)n(CC(=O)Nc2ccc(OCc3cccc(C#N)c3)c(Cl)c2)n1. The van der Waals surface area contributed by atoms with Gasteiger partial charge in [0, 0.05) is 11.8 Å². The molecule has 146 valence electrons. The highest BCUT2D eigenvalue weighted by Crippen LogP contribution is 2.28. The van der Waals surface area contributed by atoms with Gasteiger partial charge in [-0.1, -0.05) is 23.7 Å². The summed E-state index contributed by atoms with van der Waals surface area (Å²) in [5, 5.41) is 16.0. The highest BCUT2D eigenvalue weighted by atomic mass is 35.5. The van der Waals surface area contributed by atoms with E-state index in [0.717, 1.165) is 10.2 Å². The van der Waals surface area contributed by atoms with Crippen LogP contribution in [0.25, 0.3) is 0 Å². The monoisotopic (exact) mass is 408 g/mol. The van der Waals surface area contributed by atoms with Crippen molar-refractivity contribution in [2.75, 3.05) is 5.32 Å². The van der Waals surface area contributed by atoms with Crippen molar-refractivity contribution in [2.24, 2.45) is 0 Å². The Bertz CT molecular complexity index is 1150. The molecule has 0 radical (unpaired) electrons. The van der Waals surface area contributed by atoms with Gasteiger partial charge in [0.25, 0.3) is 5.56 Å². The number of benzene rings is 2. The third-order valence-corrected chi connectivity index (χ3v) is 4.25. The number of aryl methyl sites for hydroxylation is 1. The van der Waals surface area contributed by atoms with Crippen LogP contribution in [-0.4, -0.2) is 15.7 Å². The maximum atomic E-state index is 12.2. The second-order valence-corrected chi connectivity index (χ2v) is 6.67. The summed E-state index contributed by atoms with van der Waals surface area (Å²) >= 11 is 6.25. The number of ether oxygens (including phenoxy) is 1. The van der Waals surface area contributed by atoms with Crippen molar-refractivity contribution in [1.29, 1.82) is 5.26 Å². The molecule has 8 heteroatoms. The second-order valence-electron chi connectivity index (χ2n) is 6.26. The fraction of sp³-hybridized carbons (Fsp3) is 0.143. The van der Waals surface area contributed by atoms with E-state index in [9.17, 15) is 9.59 Å². The van der Waals surface area contributed by atoms with Crippen LogP contribution in [0.5, 0.6) is 5.75 Å². The summed E-state index contributed by atoms with van der Waals surface area (Å²) in [5.41, 5.74) is 2.15. The molecule has 0 aliphatic carbocycles. The molecule has 3 rings (SSSR count). The zero-order valence-corrected chi connectivity index (χ0v) is 16.3. The predicted octanol–water partition coefficient (Wildman–Crippen LogP) is 3.29. The summed E-state index contributed by atoms with van der Waals surface area (Å²) < 4.78 is 6.79. The van der Waals surface area contributed by atoms with E-state index in [1.54, 1.807) is 49.4 Å². The maximum absolute atomic E-state index is 12.2. The molecular formula is C21H17ClN4O3. The number of amides is 1. The first-order valence-electron chi connectivity index (χ1n) is 8.70. The van der Waals surface area contributed by atoms with Gasteiger partial charge >= 0.3 is 0 Å². The summed E-state index contributed by atoms with van der Waals surface area (Å²) in [6, 6.07) is 17.0.